The monoisotopic (exact) mass is 321 g/mol. The number of rotatable bonds is 5. The number of imide groups is 1. The average molecular weight is 321 g/mol. The molecular weight excluding hydrogens is 302 g/mol. The number of hydrogen-bond donors (Lipinski definition) is 2. The maximum absolute atomic E-state index is 12.0. The molecule has 0 spiro atoms. The number of nitrogens with one attached hydrogen (secondary N) is 1. The first-order valence-electron chi connectivity index (χ1n) is 7.02. The predicted octanol–water partition coefficient (Wildman–Crippen LogP) is 0.136. The molecule has 0 saturated heterocycles. The lowest BCUT2D eigenvalue weighted by Crippen LogP contribution is -2.44. The Bertz CT molecular complexity index is 615. The second-order valence-electron chi connectivity index (χ2n) is 4.48. The van der Waals surface area contributed by atoms with Crippen LogP contribution >= 0.6 is 0 Å². The van der Waals surface area contributed by atoms with E-state index in [1.54, 1.807) is 19.1 Å². The van der Waals surface area contributed by atoms with Crippen molar-refractivity contribution in [2.45, 2.75) is 13.8 Å². The molecular formula is C15H19N3O5. The highest BCUT2D eigenvalue weighted by Crippen LogP contribution is 2.16. The summed E-state index contributed by atoms with van der Waals surface area (Å²) < 4.78 is 4.88. The lowest BCUT2D eigenvalue weighted by molar-refractivity contribution is -0.149. The van der Waals surface area contributed by atoms with Gasteiger partial charge in [0.15, 0.2) is 0 Å². The van der Waals surface area contributed by atoms with Crippen LogP contribution in [-0.4, -0.2) is 48.3 Å². The van der Waals surface area contributed by atoms with Crippen LogP contribution in [0.5, 0.6) is 0 Å². The molecule has 3 amide bonds. The van der Waals surface area contributed by atoms with Crippen molar-refractivity contribution in [2.75, 3.05) is 25.0 Å². The first kappa shape index (κ1) is 18.3. The molecule has 0 fully saturated rings. The molecule has 1 aromatic rings. The zero-order valence-electron chi connectivity index (χ0n) is 13.0. The summed E-state index contributed by atoms with van der Waals surface area (Å²) in [4.78, 5) is 48.0. The van der Waals surface area contributed by atoms with Gasteiger partial charge in [-0.3, -0.25) is 19.3 Å². The van der Waals surface area contributed by atoms with E-state index in [1.807, 2.05) is 0 Å². The summed E-state index contributed by atoms with van der Waals surface area (Å²) in [5.41, 5.74) is 5.56. The number of hydrogen-bond acceptors (Lipinski definition) is 6. The summed E-state index contributed by atoms with van der Waals surface area (Å²) in [5.74, 6) is -3.29. The molecule has 0 aliphatic rings. The van der Waals surface area contributed by atoms with Gasteiger partial charge in [0.1, 0.15) is 0 Å². The summed E-state index contributed by atoms with van der Waals surface area (Å²) in [7, 11) is 0. The molecule has 0 saturated carbocycles. The van der Waals surface area contributed by atoms with E-state index in [1.165, 1.54) is 12.1 Å². The van der Waals surface area contributed by atoms with Crippen molar-refractivity contribution in [3.63, 3.8) is 0 Å². The topological polar surface area (TPSA) is 119 Å². The average Bonchev–Trinajstić information content (AvgIpc) is 2.52. The summed E-state index contributed by atoms with van der Waals surface area (Å²) in [6, 6.07) is 6.10. The Morgan fingerprint density at radius 2 is 1.87 bits per heavy atom. The van der Waals surface area contributed by atoms with Gasteiger partial charge in [-0.05, 0) is 19.1 Å². The third-order valence-corrected chi connectivity index (χ3v) is 2.84. The molecule has 0 aliphatic carbocycles. The van der Waals surface area contributed by atoms with E-state index in [0.717, 1.165) is 11.8 Å². The standard InChI is InChI=1S/C15H19N3O5/c1-3-23-15(22)11-6-4-5-7-12(11)17-13(20)14(21)18(9-8-16)10(2)19/h4-7H,3,8-9,16H2,1-2H3,(H,17,20). The van der Waals surface area contributed by atoms with Gasteiger partial charge in [-0.25, -0.2) is 4.79 Å². The molecule has 0 aliphatic heterocycles. The van der Waals surface area contributed by atoms with E-state index in [2.05, 4.69) is 5.32 Å². The number of carbonyl (C=O) groups is 4. The van der Waals surface area contributed by atoms with Gasteiger partial charge < -0.3 is 15.8 Å². The number of ether oxygens (including phenoxy) is 1. The van der Waals surface area contributed by atoms with Crippen LogP contribution in [0.4, 0.5) is 5.69 Å². The minimum Gasteiger partial charge on any atom is -0.462 e. The van der Waals surface area contributed by atoms with Crippen molar-refractivity contribution < 1.29 is 23.9 Å². The molecule has 0 radical (unpaired) electrons. The van der Waals surface area contributed by atoms with Crippen LogP contribution in [0.15, 0.2) is 24.3 Å². The van der Waals surface area contributed by atoms with Crippen molar-refractivity contribution in [3.8, 4) is 0 Å². The summed E-state index contributed by atoms with van der Waals surface area (Å²) in [6.07, 6.45) is 0. The second kappa shape index (κ2) is 8.64. The summed E-state index contributed by atoms with van der Waals surface area (Å²) in [6.45, 7) is 2.96. The fourth-order valence-electron chi connectivity index (χ4n) is 1.81. The number of nitrogens with zero attached hydrogens (tertiary/aromatic N) is 1. The number of amides is 3. The smallest absolute Gasteiger partial charge is 0.340 e. The van der Waals surface area contributed by atoms with Crippen molar-refractivity contribution in [1.29, 1.82) is 0 Å². The Balaban J connectivity index is 2.95. The molecule has 0 atom stereocenters. The first-order chi connectivity index (χ1) is 10.9. The quantitative estimate of drug-likeness (QED) is 0.588. The molecule has 8 nitrogen and oxygen atoms in total. The molecule has 23 heavy (non-hydrogen) atoms. The fourth-order valence-corrected chi connectivity index (χ4v) is 1.81. The number of para-hydroxylation sites is 1. The number of carbonyl (C=O) groups excluding carboxylic acids is 4. The SMILES string of the molecule is CCOC(=O)c1ccccc1NC(=O)C(=O)N(CCN)C(C)=O. The maximum Gasteiger partial charge on any atom is 0.340 e. The van der Waals surface area contributed by atoms with Gasteiger partial charge in [-0.15, -0.1) is 0 Å². The van der Waals surface area contributed by atoms with E-state index in [4.69, 9.17) is 10.5 Å². The predicted molar refractivity (Wildman–Crippen MR) is 82.5 cm³/mol. The number of nitrogens with two attached hydrogens (primary N) is 1. The van der Waals surface area contributed by atoms with Gasteiger partial charge in [-0.2, -0.15) is 0 Å². The largest absolute Gasteiger partial charge is 0.462 e. The van der Waals surface area contributed by atoms with Gasteiger partial charge in [0.25, 0.3) is 0 Å². The Morgan fingerprint density at radius 3 is 2.43 bits per heavy atom. The third-order valence-electron chi connectivity index (χ3n) is 2.84. The summed E-state index contributed by atoms with van der Waals surface area (Å²) >= 11 is 0. The Labute approximate surface area is 133 Å². The molecule has 124 valence electrons. The van der Waals surface area contributed by atoms with Crippen LogP contribution in [0.3, 0.4) is 0 Å². The van der Waals surface area contributed by atoms with Gasteiger partial charge in [0, 0.05) is 20.0 Å². The lowest BCUT2D eigenvalue weighted by atomic mass is 10.2. The fraction of sp³-hybridized carbons (Fsp3) is 0.333. The van der Waals surface area contributed by atoms with Crippen LogP contribution in [0, 0.1) is 0 Å². The van der Waals surface area contributed by atoms with Crippen LogP contribution in [0.1, 0.15) is 24.2 Å². The van der Waals surface area contributed by atoms with E-state index in [0.29, 0.717) is 0 Å². The summed E-state index contributed by atoms with van der Waals surface area (Å²) in [5, 5.41) is 2.32. The molecule has 3 N–H and O–H groups in total. The van der Waals surface area contributed by atoms with Crippen LogP contribution < -0.4 is 11.1 Å². The minimum absolute atomic E-state index is 0.0397. The van der Waals surface area contributed by atoms with Crippen molar-refractivity contribution in [2.24, 2.45) is 5.73 Å². The molecule has 0 heterocycles. The first-order valence-corrected chi connectivity index (χ1v) is 7.02. The molecule has 1 aromatic carbocycles. The van der Waals surface area contributed by atoms with E-state index in [9.17, 15) is 19.2 Å². The molecule has 1 rings (SSSR count). The van der Waals surface area contributed by atoms with E-state index < -0.39 is 23.7 Å². The van der Waals surface area contributed by atoms with Crippen molar-refractivity contribution >= 4 is 29.4 Å². The van der Waals surface area contributed by atoms with Crippen LogP contribution in [0.2, 0.25) is 0 Å². The van der Waals surface area contributed by atoms with Gasteiger partial charge >= 0.3 is 17.8 Å². The van der Waals surface area contributed by atoms with Gasteiger partial charge in [0.2, 0.25) is 5.91 Å². The normalized spacial score (nSPS) is 9.87. The molecule has 0 unspecified atom stereocenters. The second-order valence-corrected chi connectivity index (χ2v) is 4.48. The highest BCUT2D eigenvalue weighted by Gasteiger charge is 2.25. The van der Waals surface area contributed by atoms with Gasteiger partial charge in [0.05, 0.1) is 17.9 Å². The maximum atomic E-state index is 12.0. The molecule has 8 heteroatoms. The Morgan fingerprint density at radius 1 is 1.22 bits per heavy atom. The van der Waals surface area contributed by atoms with E-state index in [-0.39, 0.29) is 30.9 Å². The zero-order chi connectivity index (χ0) is 17.4. The van der Waals surface area contributed by atoms with E-state index >= 15 is 0 Å². The number of esters is 1. The Kier molecular flexibility index (Phi) is 6.88. The Hall–Kier alpha value is -2.74. The van der Waals surface area contributed by atoms with Crippen LogP contribution in [0.25, 0.3) is 0 Å². The zero-order valence-corrected chi connectivity index (χ0v) is 13.0. The number of anilines is 1. The third kappa shape index (κ3) is 4.89. The highest BCUT2D eigenvalue weighted by atomic mass is 16.5. The van der Waals surface area contributed by atoms with Gasteiger partial charge in [-0.1, -0.05) is 12.1 Å². The number of benzene rings is 1. The van der Waals surface area contributed by atoms with Crippen molar-refractivity contribution in [1.82, 2.24) is 4.90 Å². The lowest BCUT2D eigenvalue weighted by Gasteiger charge is -2.18. The molecule has 0 aromatic heterocycles. The van der Waals surface area contributed by atoms with Crippen LogP contribution in [-0.2, 0) is 19.1 Å². The minimum atomic E-state index is -1.04. The van der Waals surface area contributed by atoms with Crippen molar-refractivity contribution in [3.05, 3.63) is 29.8 Å². The molecule has 0 bridgehead atoms. The highest BCUT2D eigenvalue weighted by molar-refractivity contribution is 6.42.